The van der Waals surface area contributed by atoms with Gasteiger partial charge in [0, 0.05) is 5.56 Å². The average molecular weight is 330 g/mol. The Morgan fingerprint density at radius 3 is 2.52 bits per heavy atom. The maximum atomic E-state index is 13.9. The molecular weight excluding hydrogens is 317 g/mol. The lowest BCUT2D eigenvalue weighted by Gasteiger charge is -2.14. The van der Waals surface area contributed by atoms with E-state index in [1.54, 1.807) is 18.2 Å². The SMILES string of the molecule is CC(O)c1ccccc1NS(=O)(=O)c1cccc(Cl)c1F. The first-order valence-electron chi connectivity index (χ1n) is 6.07. The van der Waals surface area contributed by atoms with Crippen molar-refractivity contribution < 1.29 is 17.9 Å². The molecule has 21 heavy (non-hydrogen) atoms. The van der Waals surface area contributed by atoms with Gasteiger partial charge < -0.3 is 5.11 Å². The van der Waals surface area contributed by atoms with Gasteiger partial charge >= 0.3 is 0 Å². The maximum absolute atomic E-state index is 13.9. The Hall–Kier alpha value is -1.63. The van der Waals surface area contributed by atoms with Gasteiger partial charge in [-0.3, -0.25) is 4.72 Å². The number of aliphatic hydroxyl groups excluding tert-OH is 1. The Bertz CT molecular complexity index is 763. The molecule has 2 rings (SSSR count). The van der Waals surface area contributed by atoms with Crippen molar-refractivity contribution in [2.75, 3.05) is 4.72 Å². The minimum atomic E-state index is -4.14. The van der Waals surface area contributed by atoms with Gasteiger partial charge in [0.05, 0.1) is 16.8 Å². The lowest BCUT2D eigenvalue weighted by Crippen LogP contribution is -2.16. The van der Waals surface area contributed by atoms with Crippen LogP contribution in [-0.4, -0.2) is 13.5 Å². The van der Waals surface area contributed by atoms with Crippen LogP contribution < -0.4 is 4.72 Å². The van der Waals surface area contributed by atoms with Gasteiger partial charge in [0.15, 0.2) is 5.82 Å². The van der Waals surface area contributed by atoms with Crippen LogP contribution in [0.2, 0.25) is 5.02 Å². The second-order valence-electron chi connectivity index (χ2n) is 4.42. The van der Waals surface area contributed by atoms with E-state index in [9.17, 15) is 17.9 Å². The molecular formula is C14H13ClFNO3S. The minimum Gasteiger partial charge on any atom is -0.389 e. The summed E-state index contributed by atoms with van der Waals surface area (Å²) < 4.78 is 40.6. The lowest BCUT2D eigenvalue weighted by atomic mass is 10.1. The third-order valence-electron chi connectivity index (χ3n) is 2.86. The third kappa shape index (κ3) is 3.34. The van der Waals surface area contributed by atoms with Gasteiger partial charge in [-0.05, 0) is 25.1 Å². The fraction of sp³-hybridized carbons (Fsp3) is 0.143. The molecule has 7 heteroatoms. The van der Waals surface area contributed by atoms with E-state index in [0.29, 0.717) is 5.56 Å². The first-order valence-corrected chi connectivity index (χ1v) is 7.93. The predicted octanol–water partition coefficient (Wildman–Crippen LogP) is 3.33. The van der Waals surface area contributed by atoms with Crippen molar-refractivity contribution in [3.8, 4) is 0 Å². The first kappa shape index (κ1) is 15.8. The van der Waals surface area contributed by atoms with Gasteiger partial charge in [-0.2, -0.15) is 0 Å². The molecule has 0 bridgehead atoms. The standard InChI is InChI=1S/C14H13ClFNO3S/c1-9(18)10-5-2-3-7-12(10)17-21(19,20)13-8-4-6-11(15)14(13)16/h2-9,17-18H,1H3. The number of hydrogen-bond acceptors (Lipinski definition) is 3. The van der Waals surface area contributed by atoms with E-state index in [2.05, 4.69) is 4.72 Å². The van der Waals surface area contributed by atoms with Crippen molar-refractivity contribution in [1.82, 2.24) is 0 Å². The van der Waals surface area contributed by atoms with Crippen LogP contribution >= 0.6 is 11.6 Å². The van der Waals surface area contributed by atoms with E-state index in [1.807, 2.05) is 0 Å². The largest absolute Gasteiger partial charge is 0.389 e. The Labute approximate surface area is 127 Å². The first-order chi connectivity index (χ1) is 9.83. The molecule has 0 radical (unpaired) electrons. The number of aliphatic hydroxyl groups is 1. The summed E-state index contributed by atoms with van der Waals surface area (Å²) in [5, 5.41) is 9.36. The number of benzene rings is 2. The smallest absolute Gasteiger partial charge is 0.264 e. The van der Waals surface area contributed by atoms with Crippen LogP contribution in [-0.2, 0) is 10.0 Å². The summed E-state index contributed by atoms with van der Waals surface area (Å²) in [6.07, 6.45) is -0.867. The molecule has 0 spiro atoms. The molecule has 0 heterocycles. The van der Waals surface area contributed by atoms with Gasteiger partial charge in [0.1, 0.15) is 4.90 Å². The molecule has 0 saturated carbocycles. The summed E-state index contributed by atoms with van der Waals surface area (Å²) in [7, 11) is -4.14. The molecule has 0 aliphatic rings. The van der Waals surface area contributed by atoms with Crippen molar-refractivity contribution in [3.05, 3.63) is 58.9 Å². The molecule has 2 aromatic carbocycles. The maximum Gasteiger partial charge on any atom is 0.264 e. The highest BCUT2D eigenvalue weighted by Crippen LogP contribution is 2.27. The van der Waals surface area contributed by atoms with Crippen molar-refractivity contribution in [2.24, 2.45) is 0 Å². The molecule has 0 saturated heterocycles. The van der Waals surface area contributed by atoms with Crippen molar-refractivity contribution >= 4 is 27.3 Å². The zero-order chi connectivity index (χ0) is 15.6. The summed E-state index contributed by atoms with van der Waals surface area (Å²) in [6, 6.07) is 10.1. The second-order valence-corrected chi connectivity index (χ2v) is 6.48. The second kappa shape index (κ2) is 6.01. The lowest BCUT2D eigenvalue weighted by molar-refractivity contribution is 0.200. The summed E-state index contributed by atoms with van der Waals surface area (Å²) in [6.45, 7) is 1.51. The zero-order valence-corrected chi connectivity index (χ0v) is 12.6. The normalized spacial score (nSPS) is 13.0. The Kier molecular flexibility index (Phi) is 4.51. The third-order valence-corrected chi connectivity index (χ3v) is 4.54. The number of nitrogens with one attached hydrogen (secondary N) is 1. The van der Waals surface area contributed by atoms with Gasteiger partial charge in [-0.15, -0.1) is 0 Å². The van der Waals surface area contributed by atoms with E-state index in [-0.39, 0.29) is 10.7 Å². The molecule has 1 atom stereocenters. The molecule has 2 aromatic rings. The number of para-hydroxylation sites is 1. The fourth-order valence-electron chi connectivity index (χ4n) is 1.85. The number of halogens is 2. The Balaban J connectivity index is 2.46. The van der Waals surface area contributed by atoms with Crippen LogP contribution in [0.25, 0.3) is 0 Å². The van der Waals surface area contributed by atoms with E-state index in [0.717, 1.165) is 6.07 Å². The number of rotatable bonds is 4. The highest BCUT2D eigenvalue weighted by atomic mass is 35.5. The van der Waals surface area contributed by atoms with Crippen molar-refractivity contribution in [1.29, 1.82) is 0 Å². The van der Waals surface area contributed by atoms with Crippen molar-refractivity contribution in [3.63, 3.8) is 0 Å². The zero-order valence-electron chi connectivity index (χ0n) is 11.0. The van der Waals surface area contributed by atoms with Crippen LogP contribution in [0.3, 0.4) is 0 Å². The predicted molar refractivity (Wildman–Crippen MR) is 79.3 cm³/mol. The molecule has 0 aliphatic carbocycles. The van der Waals surface area contributed by atoms with Crippen LogP contribution in [0.15, 0.2) is 47.4 Å². The van der Waals surface area contributed by atoms with Gasteiger partial charge in [0.25, 0.3) is 10.0 Å². The topological polar surface area (TPSA) is 66.4 Å². The Morgan fingerprint density at radius 1 is 1.19 bits per heavy atom. The minimum absolute atomic E-state index is 0.187. The van der Waals surface area contributed by atoms with E-state index in [1.165, 1.54) is 25.1 Å². The fourth-order valence-corrected chi connectivity index (χ4v) is 3.27. The average Bonchev–Trinajstić information content (AvgIpc) is 2.41. The molecule has 0 aliphatic heterocycles. The van der Waals surface area contributed by atoms with E-state index in [4.69, 9.17) is 11.6 Å². The quantitative estimate of drug-likeness (QED) is 0.904. The van der Waals surface area contributed by atoms with E-state index >= 15 is 0 Å². The van der Waals surface area contributed by atoms with Crippen LogP contribution in [0.4, 0.5) is 10.1 Å². The summed E-state index contributed by atoms with van der Waals surface area (Å²) >= 11 is 5.60. The van der Waals surface area contributed by atoms with Gasteiger partial charge in [-0.25, -0.2) is 12.8 Å². The van der Waals surface area contributed by atoms with Crippen LogP contribution in [0.1, 0.15) is 18.6 Å². The molecule has 0 amide bonds. The van der Waals surface area contributed by atoms with E-state index < -0.39 is 26.8 Å². The molecule has 1 unspecified atom stereocenters. The molecule has 4 nitrogen and oxygen atoms in total. The molecule has 0 fully saturated rings. The van der Waals surface area contributed by atoms with Gasteiger partial charge in [0.2, 0.25) is 0 Å². The summed E-state index contributed by atoms with van der Waals surface area (Å²) in [4.78, 5) is -0.546. The Morgan fingerprint density at radius 2 is 1.86 bits per heavy atom. The van der Waals surface area contributed by atoms with Crippen molar-refractivity contribution in [2.45, 2.75) is 17.9 Å². The molecule has 112 valence electrons. The molecule has 2 N–H and O–H groups in total. The molecule has 0 aromatic heterocycles. The number of sulfonamides is 1. The van der Waals surface area contributed by atoms with Crippen LogP contribution in [0, 0.1) is 5.82 Å². The summed E-state index contributed by atoms with van der Waals surface area (Å²) in [5.41, 5.74) is 0.579. The monoisotopic (exact) mass is 329 g/mol. The summed E-state index contributed by atoms with van der Waals surface area (Å²) in [5.74, 6) is -1.01. The highest BCUT2D eigenvalue weighted by molar-refractivity contribution is 7.92. The van der Waals surface area contributed by atoms with Gasteiger partial charge in [-0.1, -0.05) is 35.9 Å². The highest BCUT2D eigenvalue weighted by Gasteiger charge is 2.22. The van der Waals surface area contributed by atoms with Crippen LogP contribution in [0.5, 0.6) is 0 Å². The number of anilines is 1. The number of hydrogen-bond donors (Lipinski definition) is 2.